The second kappa shape index (κ2) is 34.7. The molecule has 1 fully saturated rings. The fourth-order valence-electron chi connectivity index (χ4n) is 4.47. The maximum Gasteiger partial charge on any atom is 0.127 e. The normalized spacial score (nSPS) is 14.7. The molecule has 1 aromatic rings. The molecule has 0 radical (unpaired) electrons. The number of carbonyl (C=O) groups is 1. The SMILES string of the molecule is C/C=C(\C=C/CC(C=O)C1=CC=C=C(C)C=C1)CC(CCCc1ccccc1)NC.C=C(C)C.C=CC.C=CC(C)(C)C.C=CC(C)(C)C.CN1CCCC1. The van der Waals surface area contributed by atoms with Gasteiger partial charge in [0.2, 0.25) is 0 Å². The molecular formula is C52H84N2O. The van der Waals surface area contributed by atoms with Crippen LogP contribution in [0.4, 0.5) is 0 Å². The predicted molar refractivity (Wildman–Crippen MR) is 251 cm³/mol. The number of benzene rings is 1. The van der Waals surface area contributed by atoms with Gasteiger partial charge < -0.3 is 15.0 Å². The molecule has 2 aliphatic rings. The van der Waals surface area contributed by atoms with Crippen molar-refractivity contribution in [1.82, 2.24) is 10.2 Å². The zero-order valence-corrected chi connectivity index (χ0v) is 37.9. The van der Waals surface area contributed by atoms with E-state index >= 15 is 0 Å². The van der Waals surface area contributed by atoms with E-state index in [9.17, 15) is 4.79 Å². The van der Waals surface area contributed by atoms with Gasteiger partial charge in [0.05, 0.1) is 0 Å². The molecule has 0 amide bonds. The molecule has 55 heavy (non-hydrogen) atoms. The summed E-state index contributed by atoms with van der Waals surface area (Å²) in [4.78, 5) is 14.0. The van der Waals surface area contributed by atoms with E-state index in [0.717, 1.165) is 36.7 Å². The predicted octanol–water partition coefficient (Wildman–Crippen LogP) is 14.2. The van der Waals surface area contributed by atoms with E-state index in [1.54, 1.807) is 6.08 Å². The van der Waals surface area contributed by atoms with Crippen LogP contribution in [0.3, 0.4) is 0 Å². The van der Waals surface area contributed by atoms with Crippen LogP contribution in [0.5, 0.6) is 0 Å². The van der Waals surface area contributed by atoms with Crippen molar-refractivity contribution in [1.29, 1.82) is 0 Å². The molecule has 1 aliphatic heterocycles. The van der Waals surface area contributed by atoms with Crippen molar-refractivity contribution in [2.45, 2.75) is 127 Å². The zero-order valence-electron chi connectivity index (χ0n) is 37.9. The first-order valence-corrected chi connectivity index (χ1v) is 20.3. The first-order valence-electron chi connectivity index (χ1n) is 20.3. The van der Waals surface area contributed by atoms with Crippen LogP contribution < -0.4 is 5.32 Å². The van der Waals surface area contributed by atoms with E-state index < -0.39 is 0 Å². The van der Waals surface area contributed by atoms with Crippen molar-refractivity contribution in [3.8, 4) is 0 Å². The van der Waals surface area contributed by atoms with E-state index in [4.69, 9.17) is 0 Å². The fourth-order valence-corrected chi connectivity index (χ4v) is 4.47. The van der Waals surface area contributed by atoms with Gasteiger partial charge in [-0.25, -0.2) is 0 Å². The summed E-state index contributed by atoms with van der Waals surface area (Å²) >= 11 is 0. The third kappa shape index (κ3) is 39.7. The lowest BCUT2D eigenvalue weighted by Gasteiger charge is -2.17. The van der Waals surface area contributed by atoms with Gasteiger partial charge in [-0.05, 0) is 140 Å². The topological polar surface area (TPSA) is 32.3 Å². The molecule has 3 rings (SSSR count). The Morgan fingerprint density at radius 2 is 1.45 bits per heavy atom. The second-order valence-electron chi connectivity index (χ2n) is 16.6. The monoisotopic (exact) mass is 753 g/mol. The third-order valence-electron chi connectivity index (χ3n) is 8.10. The van der Waals surface area contributed by atoms with Gasteiger partial charge in [-0.2, -0.15) is 0 Å². The lowest BCUT2D eigenvalue weighted by atomic mass is 9.94. The van der Waals surface area contributed by atoms with Gasteiger partial charge in [-0.1, -0.05) is 138 Å². The van der Waals surface area contributed by atoms with E-state index in [-0.39, 0.29) is 5.92 Å². The molecule has 3 heteroatoms. The molecule has 2 unspecified atom stereocenters. The number of carbonyl (C=O) groups excluding carboxylic acids is 1. The molecule has 1 aliphatic carbocycles. The Morgan fingerprint density at radius 1 is 0.945 bits per heavy atom. The van der Waals surface area contributed by atoms with Crippen LogP contribution in [0, 0.1) is 16.7 Å². The molecule has 3 nitrogen and oxygen atoms in total. The van der Waals surface area contributed by atoms with E-state index in [1.165, 1.54) is 49.1 Å². The number of allylic oxidation sites excluding steroid dienone is 12. The molecule has 0 bridgehead atoms. The van der Waals surface area contributed by atoms with Crippen molar-refractivity contribution < 1.29 is 4.79 Å². The van der Waals surface area contributed by atoms with E-state index in [0.29, 0.717) is 23.3 Å². The second-order valence-corrected chi connectivity index (χ2v) is 16.6. The van der Waals surface area contributed by atoms with Crippen LogP contribution >= 0.6 is 0 Å². The number of aryl methyl sites for hydroxylation is 1. The molecule has 1 aromatic carbocycles. The maximum absolute atomic E-state index is 11.6. The number of nitrogens with one attached hydrogen (secondary N) is 1. The van der Waals surface area contributed by atoms with Crippen molar-refractivity contribution >= 4 is 6.29 Å². The summed E-state index contributed by atoms with van der Waals surface area (Å²) < 4.78 is 0. The minimum atomic E-state index is -0.120. The first kappa shape index (κ1) is 55.6. The Balaban J connectivity index is -0.000000865. The van der Waals surface area contributed by atoms with Crippen LogP contribution in [0.2, 0.25) is 0 Å². The van der Waals surface area contributed by atoms with Gasteiger partial charge in [-0.3, -0.25) is 0 Å². The van der Waals surface area contributed by atoms with Gasteiger partial charge >= 0.3 is 0 Å². The number of hydrogen-bond acceptors (Lipinski definition) is 3. The van der Waals surface area contributed by atoms with E-state index in [1.807, 2.05) is 71.2 Å². The highest BCUT2D eigenvalue weighted by atomic mass is 16.1. The summed E-state index contributed by atoms with van der Waals surface area (Å²) in [7, 11) is 4.22. The molecule has 1 heterocycles. The van der Waals surface area contributed by atoms with Gasteiger partial charge in [0.15, 0.2) is 0 Å². The van der Waals surface area contributed by atoms with Crippen molar-refractivity contribution in [3.63, 3.8) is 0 Å². The highest BCUT2D eigenvalue weighted by Gasteiger charge is 2.11. The van der Waals surface area contributed by atoms with Crippen LogP contribution in [-0.4, -0.2) is 44.4 Å². The number of likely N-dealkylation sites (tertiary alicyclic amines) is 1. The molecule has 0 spiro atoms. The van der Waals surface area contributed by atoms with Crippen molar-refractivity contribution in [3.05, 3.63) is 151 Å². The van der Waals surface area contributed by atoms with Crippen LogP contribution in [0.15, 0.2) is 145 Å². The maximum atomic E-state index is 11.6. The zero-order chi connectivity index (χ0) is 42.7. The van der Waals surface area contributed by atoms with Gasteiger partial charge in [0, 0.05) is 12.0 Å². The molecule has 0 aromatic heterocycles. The van der Waals surface area contributed by atoms with Gasteiger partial charge in [0.25, 0.3) is 0 Å². The highest BCUT2D eigenvalue weighted by Crippen LogP contribution is 2.20. The van der Waals surface area contributed by atoms with Crippen LogP contribution in [-0.2, 0) is 11.2 Å². The van der Waals surface area contributed by atoms with Crippen molar-refractivity contribution in [2.75, 3.05) is 27.2 Å². The lowest BCUT2D eigenvalue weighted by molar-refractivity contribution is -0.110. The Labute approximate surface area is 342 Å². The number of hydrogen-bond donors (Lipinski definition) is 1. The summed E-state index contributed by atoms with van der Waals surface area (Å²) in [6.45, 7) is 39.5. The Bertz CT molecular complexity index is 1340. The van der Waals surface area contributed by atoms with E-state index in [2.05, 4.69) is 146 Å². The van der Waals surface area contributed by atoms with Gasteiger partial charge in [0.1, 0.15) is 6.29 Å². The Hall–Kier alpha value is -3.75. The standard InChI is InChI=1S/C28H35NO.2C6H12.C5H11N.C4H8.C3H6/c1-4-24(21-28(29-3)18-10-15-25-12-6-5-7-13-25)14-9-17-27(22-30)26-16-8-11-23(2)19-20-26;2*1-5-6(2,3)4;1-6-4-2-3-5-6;1-4(2)3;1-3-2/h4-9,12-14,16,19-20,22,27-29H,10,15,17-18,21H2,1-3H3;2*5H,1H2,2-4H3;2-5H2,1H3;1H2,2-3H3;3H,1H2,2H3/b14-9-,24-4+;;;;;. The average molecular weight is 753 g/mol. The smallest absolute Gasteiger partial charge is 0.127 e. The molecule has 2 atom stereocenters. The molecule has 0 saturated carbocycles. The molecule has 1 N–H and O–H groups in total. The highest BCUT2D eigenvalue weighted by molar-refractivity contribution is 5.62. The average Bonchev–Trinajstić information content (AvgIpc) is 3.51. The largest absolute Gasteiger partial charge is 0.317 e. The first-order chi connectivity index (χ1) is 25.8. The summed E-state index contributed by atoms with van der Waals surface area (Å²) in [6, 6.07) is 11.1. The fraction of sp³-hybridized carbons (Fsp3) is 0.500. The summed E-state index contributed by atoms with van der Waals surface area (Å²) in [5.74, 6) is -0.120. The number of aldehydes is 1. The summed E-state index contributed by atoms with van der Waals surface area (Å²) in [5.41, 5.74) is 9.77. The van der Waals surface area contributed by atoms with Crippen molar-refractivity contribution in [2.24, 2.45) is 16.7 Å². The van der Waals surface area contributed by atoms with Crippen LogP contribution in [0.25, 0.3) is 0 Å². The lowest BCUT2D eigenvalue weighted by Crippen LogP contribution is -2.25. The molecule has 308 valence electrons. The Kier molecular flexibility index (Phi) is 35.1. The van der Waals surface area contributed by atoms with Gasteiger partial charge in [-0.15, -0.1) is 32.0 Å². The Morgan fingerprint density at radius 3 is 1.85 bits per heavy atom. The third-order valence-corrected chi connectivity index (χ3v) is 8.10. The minimum Gasteiger partial charge on any atom is -0.317 e. The van der Waals surface area contributed by atoms with Crippen LogP contribution in [0.1, 0.15) is 120 Å². The minimum absolute atomic E-state index is 0.120. The number of rotatable bonds is 12. The quantitative estimate of drug-likeness (QED) is 0.0999. The molecular weight excluding hydrogens is 669 g/mol. The molecule has 1 saturated heterocycles. The summed E-state index contributed by atoms with van der Waals surface area (Å²) in [5, 5.41) is 3.46. The summed E-state index contributed by atoms with van der Waals surface area (Å²) in [6.07, 6.45) is 29.1. The number of nitrogens with zero attached hydrogens (tertiary/aromatic N) is 1.